The van der Waals surface area contributed by atoms with Crippen LogP contribution in [0.25, 0.3) is 0 Å². The SMILES string of the molecule is COc1cc(N)c(N)cc1C(=O)N[C@H]1CC[C@H](C(F)(F)F)CC1. The van der Waals surface area contributed by atoms with Crippen LogP contribution >= 0.6 is 0 Å². The molecule has 0 unspecified atom stereocenters. The highest BCUT2D eigenvalue weighted by atomic mass is 19.4. The van der Waals surface area contributed by atoms with E-state index in [1.807, 2.05) is 0 Å². The second kappa shape index (κ2) is 6.55. The molecule has 1 amide bonds. The van der Waals surface area contributed by atoms with Gasteiger partial charge in [0.25, 0.3) is 5.91 Å². The number of nitrogens with two attached hydrogens (primary N) is 2. The maximum Gasteiger partial charge on any atom is 0.391 e. The molecule has 0 aromatic heterocycles. The van der Waals surface area contributed by atoms with Gasteiger partial charge in [0.05, 0.1) is 30.0 Å². The van der Waals surface area contributed by atoms with E-state index < -0.39 is 18.0 Å². The average Bonchev–Trinajstić information content (AvgIpc) is 2.49. The van der Waals surface area contributed by atoms with Crippen molar-refractivity contribution in [1.82, 2.24) is 5.32 Å². The van der Waals surface area contributed by atoms with E-state index in [0.29, 0.717) is 18.5 Å². The van der Waals surface area contributed by atoms with Gasteiger partial charge in [-0.1, -0.05) is 0 Å². The smallest absolute Gasteiger partial charge is 0.391 e. The molecule has 0 spiro atoms. The summed E-state index contributed by atoms with van der Waals surface area (Å²) in [5.74, 6) is -1.43. The highest BCUT2D eigenvalue weighted by Gasteiger charge is 2.41. The Morgan fingerprint density at radius 3 is 2.26 bits per heavy atom. The summed E-state index contributed by atoms with van der Waals surface area (Å²) in [5, 5.41) is 2.75. The number of nitrogens with one attached hydrogen (secondary N) is 1. The third-order valence-corrected chi connectivity index (χ3v) is 4.18. The van der Waals surface area contributed by atoms with Crippen molar-refractivity contribution in [2.45, 2.75) is 37.9 Å². The molecule has 8 heteroatoms. The number of carbonyl (C=O) groups is 1. The van der Waals surface area contributed by atoms with E-state index in [0.717, 1.165) is 0 Å². The Morgan fingerprint density at radius 1 is 1.17 bits per heavy atom. The Bertz CT molecular complexity index is 582. The van der Waals surface area contributed by atoms with Crippen LogP contribution in [0.1, 0.15) is 36.0 Å². The van der Waals surface area contributed by atoms with E-state index in [9.17, 15) is 18.0 Å². The summed E-state index contributed by atoms with van der Waals surface area (Å²) in [6.45, 7) is 0. The second-order valence-corrected chi connectivity index (χ2v) is 5.75. The van der Waals surface area contributed by atoms with Crippen LogP contribution < -0.4 is 21.5 Å². The van der Waals surface area contributed by atoms with E-state index >= 15 is 0 Å². The van der Waals surface area contributed by atoms with Crippen molar-refractivity contribution in [2.24, 2.45) is 5.92 Å². The molecule has 5 nitrogen and oxygen atoms in total. The maximum atomic E-state index is 12.6. The van der Waals surface area contributed by atoms with Crippen LogP contribution in [0, 0.1) is 5.92 Å². The fourth-order valence-corrected chi connectivity index (χ4v) is 2.79. The first-order valence-electron chi connectivity index (χ1n) is 7.33. The molecule has 0 aliphatic heterocycles. The molecule has 0 radical (unpaired) electrons. The molecule has 1 fully saturated rings. The molecule has 23 heavy (non-hydrogen) atoms. The van der Waals surface area contributed by atoms with E-state index in [-0.39, 0.29) is 35.9 Å². The number of benzene rings is 1. The zero-order chi connectivity index (χ0) is 17.2. The number of hydrogen-bond donors (Lipinski definition) is 3. The first-order valence-corrected chi connectivity index (χ1v) is 7.33. The maximum absolute atomic E-state index is 12.6. The molecule has 1 aromatic carbocycles. The highest BCUT2D eigenvalue weighted by molar-refractivity contribution is 5.99. The van der Waals surface area contributed by atoms with Crippen LogP contribution in [-0.2, 0) is 0 Å². The molecule has 1 aliphatic rings. The monoisotopic (exact) mass is 331 g/mol. The first kappa shape index (κ1) is 17.2. The number of anilines is 2. The quantitative estimate of drug-likeness (QED) is 0.743. The second-order valence-electron chi connectivity index (χ2n) is 5.75. The molecule has 128 valence electrons. The van der Waals surface area contributed by atoms with Gasteiger partial charge in [-0.25, -0.2) is 0 Å². The molecule has 0 bridgehead atoms. The largest absolute Gasteiger partial charge is 0.496 e. The minimum absolute atomic E-state index is 0.0233. The minimum atomic E-state index is -4.16. The fraction of sp³-hybridized carbons (Fsp3) is 0.533. The van der Waals surface area contributed by atoms with Gasteiger partial charge < -0.3 is 21.5 Å². The van der Waals surface area contributed by atoms with Crippen LogP contribution in [0.15, 0.2) is 12.1 Å². The number of halogens is 3. The lowest BCUT2D eigenvalue weighted by Gasteiger charge is -2.30. The number of hydrogen-bond acceptors (Lipinski definition) is 4. The average molecular weight is 331 g/mol. The summed E-state index contributed by atoms with van der Waals surface area (Å²) in [7, 11) is 1.40. The van der Waals surface area contributed by atoms with Crippen LogP contribution in [-0.4, -0.2) is 25.2 Å². The van der Waals surface area contributed by atoms with Crippen LogP contribution in [0.5, 0.6) is 5.75 Å². The van der Waals surface area contributed by atoms with Crippen molar-refractivity contribution in [3.8, 4) is 5.75 Å². The summed E-state index contributed by atoms with van der Waals surface area (Å²) in [6.07, 6.45) is -3.53. The summed E-state index contributed by atoms with van der Waals surface area (Å²) < 4.78 is 43.0. The first-order chi connectivity index (χ1) is 10.7. The summed E-state index contributed by atoms with van der Waals surface area (Å²) in [4.78, 5) is 12.3. The van der Waals surface area contributed by atoms with Gasteiger partial charge in [-0.2, -0.15) is 13.2 Å². The van der Waals surface area contributed by atoms with Crippen LogP contribution in [0.2, 0.25) is 0 Å². The fourth-order valence-electron chi connectivity index (χ4n) is 2.79. The molecular formula is C15H20F3N3O2. The van der Waals surface area contributed by atoms with Gasteiger partial charge >= 0.3 is 6.18 Å². The minimum Gasteiger partial charge on any atom is -0.496 e. The Morgan fingerprint density at radius 2 is 1.74 bits per heavy atom. The van der Waals surface area contributed by atoms with Crippen LogP contribution in [0.4, 0.5) is 24.5 Å². The lowest BCUT2D eigenvalue weighted by atomic mass is 9.85. The number of amides is 1. The summed E-state index contributed by atoms with van der Waals surface area (Å²) in [6, 6.07) is 2.57. The predicted molar refractivity (Wildman–Crippen MR) is 81.1 cm³/mol. The number of rotatable bonds is 3. The molecule has 1 aliphatic carbocycles. The normalized spacial score (nSPS) is 21.7. The van der Waals surface area contributed by atoms with E-state index in [1.54, 1.807) is 0 Å². The van der Waals surface area contributed by atoms with Crippen LogP contribution in [0.3, 0.4) is 0 Å². The van der Waals surface area contributed by atoms with Gasteiger partial charge in [0.2, 0.25) is 0 Å². The van der Waals surface area contributed by atoms with Crippen molar-refractivity contribution in [2.75, 3.05) is 18.6 Å². The molecule has 1 saturated carbocycles. The van der Waals surface area contributed by atoms with Crippen molar-refractivity contribution in [3.05, 3.63) is 17.7 Å². The van der Waals surface area contributed by atoms with Gasteiger partial charge in [0, 0.05) is 12.1 Å². The Labute approximate surface area is 132 Å². The van der Waals surface area contributed by atoms with Gasteiger partial charge in [0.1, 0.15) is 5.75 Å². The molecule has 0 heterocycles. The number of carbonyl (C=O) groups excluding carboxylic acids is 1. The zero-order valence-electron chi connectivity index (χ0n) is 12.7. The zero-order valence-corrected chi connectivity index (χ0v) is 12.7. The highest BCUT2D eigenvalue weighted by Crippen LogP contribution is 2.37. The van der Waals surface area contributed by atoms with Gasteiger partial charge in [-0.3, -0.25) is 4.79 Å². The van der Waals surface area contributed by atoms with Crippen molar-refractivity contribution < 1.29 is 22.7 Å². The topological polar surface area (TPSA) is 90.4 Å². The lowest BCUT2D eigenvalue weighted by molar-refractivity contribution is -0.182. The Kier molecular flexibility index (Phi) is 4.91. The van der Waals surface area contributed by atoms with Gasteiger partial charge in [-0.05, 0) is 31.7 Å². The number of methoxy groups -OCH3 is 1. The standard InChI is InChI=1S/C15H20F3N3O2/c1-23-13-7-12(20)11(19)6-10(13)14(22)21-9-4-2-8(3-5-9)15(16,17)18/h6-9H,2-5,19-20H2,1H3,(H,21,22)/t8-,9-. The van der Waals surface area contributed by atoms with E-state index in [4.69, 9.17) is 16.2 Å². The van der Waals surface area contributed by atoms with Gasteiger partial charge in [0.15, 0.2) is 0 Å². The number of nitrogen functional groups attached to an aromatic ring is 2. The van der Waals surface area contributed by atoms with E-state index in [1.165, 1.54) is 19.2 Å². The number of alkyl halides is 3. The lowest BCUT2D eigenvalue weighted by Crippen LogP contribution is -2.40. The van der Waals surface area contributed by atoms with E-state index in [2.05, 4.69) is 5.32 Å². The third-order valence-electron chi connectivity index (χ3n) is 4.18. The summed E-state index contributed by atoms with van der Waals surface area (Å²) >= 11 is 0. The molecule has 0 atom stereocenters. The predicted octanol–water partition coefficient (Wildman–Crippen LogP) is 2.71. The molecule has 2 rings (SSSR count). The van der Waals surface area contributed by atoms with Crippen molar-refractivity contribution in [1.29, 1.82) is 0 Å². The molecule has 1 aromatic rings. The van der Waals surface area contributed by atoms with Crippen molar-refractivity contribution in [3.63, 3.8) is 0 Å². The Balaban J connectivity index is 2.02. The summed E-state index contributed by atoms with van der Waals surface area (Å²) in [5.41, 5.74) is 12.1. The Hall–Kier alpha value is -2.12. The molecular weight excluding hydrogens is 311 g/mol. The molecule has 5 N–H and O–H groups in total. The van der Waals surface area contributed by atoms with Crippen molar-refractivity contribution >= 4 is 17.3 Å². The third kappa shape index (κ3) is 4.00. The number of ether oxygens (including phenoxy) is 1. The molecule has 0 saturated heterocycles. The van der Waals surface area contributed by atoms with Gasteiger partial charge in [-0.15, -0.1) is 0 Å².